The molecule has 0 atom stereocenters. The second-order valence-electron chi connectivity index (χ2n) is 15.1. The van der Waals surface area contributed by atoms with Gasteiger partial charge in [-0.05, 0) is 80.9 Å². The second kappa shape index (κ2) is 12.7. The summed E-state index contributed by atoms with van der Waals surface area (Å²) in [4.78, 5) is 16.4. The number of rotatable bonds is 2. The fourth-order valence-corrected chi connectivity index (χ4v) is 6.97. The van der Waals surface area contributed by atoms with E-state index < -0.39 is 5.41 Å². The van der Waals surface area contributed by atoms with Crippen molar-refractivity contribution in [2.24, 2.45) is 10.8 Å². The first-order chi connectivity index (χ1) is 22.4. The monoisotopic (exact) mass is 809 g/mol. The van der Waals surface area contributed by atoms with Gasteiger partial charge in [0.2, 0.25) is 0 Å². The van der Waals surface area contributed by atoms with Crippen molar-refractivity contribution < 1.29 is 30.0 Å². The molecule has 1 radical (unpaired) electrons. The number of aryl methyl sites for hydroxylation is 4. The number of nitrogens with zero attached hydrogens (tertiary/aromatic N) is 1. The number of aliphatic hydroxyl groups excluding tert-OH is 1. The first-order valence-corrected chi connectivity index (χ1v) is 16.7. The summed E-state index contributed by atoms with van der Waals surface area (Å²) in [5.41, 5.74) is 10.2. The number of carbonyl (C=O) groups is 1. The van der Waals surface area contributed by atoms with Gasteiger partial charge in [0.15, 0.2) is 5.78 Å². The van der Waals surface area contributed by atoms with Crippen molar-refractivity contribution in [2.45, 2.75) is 67.2 Å². The number of hydrogen-bond donors (Lipinski definition) is 1. The van der Waals surface area contributed by atoms with Crippen LogP contribution in [-0.4, -0.2) is 15.9 Å². The minimum Gasteiger partial charge on any atom is -0.512 e. The molecule has 1 aromatic heterocycles. The molecule has 2 aliphatic rings. The van der Waals surface area contributed by atoms with Gasteiger partial charge in [-0.2, -0.15) is 0 Å². The zero-order chi connectivity index (χ0) is 33.1. The van der Waals surface area contributed by atoms with E-state index in [4.69, 9.17) is 4.98 Å². The van der Waals surface area contributed by atoms with Crippen molar-refractivity contribution in [3.8, 4) is 22.4 Å². The van der Waals surface area contributed by atoms with Gasteiger partial charge in [-0.1, -0.05) is 119 Å². The van der Waals surface area contributed by atoms with Crippen LogP contribution in [0.5, 0.6) is 0 Å². The number of benzene rings is 5. The average molecular weight is 809 g/mol. The van der Waals surface area contributed by atoms with Crippen LogP contribution in [0.25, 0.3) is 54.7 Å². The summed E-state index contributed by atoms with van der Waals surface area (Å²) in [5, 5.41) is 17.2. The van der Waals surface area contributed by atoms with Crippen LogP contribution in [0.4, 0.5) is 0 Å². The molecule has 0 unspecified atom stereocenters. The van der Waals surface area contributed by atoms with E-state index in [1.54, 1.807) is 0 Å². The van der Waals surface area contributed by atoms with Crippen molar-refractivity contribution in [3.05, 3.63) is 125 Å². The normalized spacial score (nSPS) is 13.8. The van der Waals surface area contributed by atoms with Gasteiger partial charge in [0.25, 0.3) is 0 Å². The number of aliphatic hydroxyl groups is 1. The Morgan fingerprint density at radius 1 is 0.688 bits per heavy atom. The van der Waals surface area contributed by atoms with Crippen molar-refractivity contribution in [2.75, 3.05) is 0 Å². The third-order valence-corrected chi connectivity index (χ3v) is 9.72. The predicted octanol–water partition coefficient (Wildman–Crippen LogP) is 11.0. The summed E-state index contributed by atoms with van der Waals surface area (Å²) in [5.74, 6) is 0.104. The van der Waals surface area contributed by atoms with Crippen LogP contribution in [0.2, 0.25) is 0 Å². The number of ketones is 1. The Morgan fingerprint density at radius 2 is 1.31 bits per heavy atom. The van der Waals surface area contributed by atoms with Crippen LogP contribution in [0, 0.1) is 16.9 Å². The van der Waals surface area contributed by atoms with Crippen LogP contribution < -0.4 is 0 Å². The summed E-state index contributed by atoms with van der Waals surface area (Å²) >= 11 is 0. The number of carbonyl (C=O) groups excluding carboxylic acids is 1. The quantitative estimate of drug-likeness (QED) is 0.0820. The van der Waals surface area contributed by atoms with Gasteiger partial charge >= 0.3 is 0 Å². The smallest absolute Gasteiger partial charge is 0.164 e. The van der Waals surface area contributed by atoms with Crippen LogP contribution in [0.1, 0.15) is 63.8 Å². The molecule has 0 spiro atoms. The second-order valence-corrected chi connectivity index (χ2v) is 15.1. The van der Waals surface area contributed by atoms with Crippen LogP contribution in [-0.2, 0) is 50.6 Å². The molecule has 0 bridgehead atoms. The summed E-state index contributed by atoms with van der Waals surface area (Å²) in [6.07, 6.45) is 7.70. The molecule has 0 amide bonds. The summed E-state index contributed by atoms with van der Waals surface area (Å²) < 4.78 is 0. The van der Waals surface area contributed by atoms with Gasteiger partial charge < -0.3 is 10.1 Å². The number of hydrogen-bond acceptors (Lipinski definition) is 3. The van der Waals surface area contributed by atoms with E-state index in [1.165, 1.54) is 71.8 Å². The third kappa shape index (κ3) is 6.13. The van der Waals surface area contributed by atoms with Gasteiger partial charge in [-0.3, -0.25) is 4.79 Å². The summed E-state index contributed by atoms with van der Waals surface area (Å²) in [7, 11) is 0. The molecule has 245 valence electrons. The fourth-order valence-electron chi connectivity index (χ4n) is 6.97. The molecule has 0 saturated carbocycles. The number of aromatic nitrogens is 1. The Bertz CT molecular complexity index is 2200. The molecule has 2 aliphatic carbocycles. The van der Waals surface area contributed by atoms with Gasteiger partial charge in [0.05, 0.1) is 0 Å². The molecule has 0 saturated heterocycles. The summed E-state index contributed by atoms with van der Waals surface area (Å²) in [6.45, 7) is 11.1. The van der Waals surface area contributed by atoms with E-state index in [2.05, 4.69) is 84.9 Å². The van der Waals surface area contributed by atoms with Crippen molar-refractivity contribution >= 4 is 38.1 Å². The Labute approximate surface area is 297 Å². The topological polar surface area (TPSA) is 50.2 Å². The maximum atomic E-state index is 11.5. The molecule has 0 fully saturated rings. The van der Waals surface area contributed by atoms with Crippen molar-refractivity contribution in [1.29, 1.82) is 0 Å². The molecule has 8 rings (SSSR count). The Balaban J connectivity index is 0.000000248. The Hall–Kier alpha value is -4.11. The minimum absolute atomic E-state index is 0. The Morgan fingerprint density at radius 3 is 2.04 bits per heavy atom. The number of allylic oxidation sites excluding steroid dienone is 2. The SMILES string of the molecule is CC(C)(C)C(=O)/C=C(\O)C(C)(C)C.[Ir].[c-]1c(-c2nccc3c2ccc2c4ccccc4ccc32)cc2c3c1CCc1cccc(c1-3)CC2. The minimum atomic E-state index is -0.417. The molecule has 1 N–H and O–H groups in total. The zero-order valence-electron chi connectivity index (χ0n) is 28.6. The van der Waals surface area contributed by atoms with E-state index in [-0.39, 0.29) is 37.1 Å². The van der Waals surface area contributed by atoms with E-state index in [0.29, 0.717) is 0 Å². The van der Waals surface area contributed by atoms with E-state index in [1.807, 2.05) is 47.7 Å². The molecule has 4 heteroatoms. The average Bonchev–Trinajstić information content (AvgIpc) is 3.06. The maximum Gasteiger partial charge on any atom is 0.164 e. The van der Waals surface area contributed by atoms with E-state index >= 15 is 0 Å². The van der Waals surface area contributed by atoms with Gasteiger partial charge in [-0.25, -0.2) is 0 Å². The fraction of sp³-hybridized carbons (Fsp3) is 0.273. The largest absolute Gasteiger partial charge is 0.512 e. The molecule has 6 aromatic rings. The van der Waals surface area contributed by atoms with Gasteiger partial charge in [0.1, 0.15) is 5.76 Å². The van der Waals surface area contributed by atoms with Crippen LogP contribution >= 0.6 is 0 Å². The Kier molecular flexibility index (Phi) is 8.96. The predicted molar refractivity (Wildman–Crippen MR) is 196 cm³/mol. The molecular formula is C44H42IrNO2-. The maximum absolute atomic E-state index is 11.5. The molecule has 48 heavy (non-hydrogen) atoms. The van der Waals surface area contributed by atoms with Gasteiger partial charge in [-0.15, -0.1) is 28.8 Å². The van der Waals surface area contributed by atoms with E-state index in [0.717, 1.165) is 36.9 Å². The number of pyridine rings is 1. The van der Waals surface area contributed by atoms with Crippen molar-refractivity contribution in [3.63, 3.8) is 0 Å². The molecular weight excluding hydrogens is 767 g/mol. The van der Waals surface area contributed by atoms with Crippen LogP contribution in [0.3, 0.4) is 0 Å². The summed E-state index contributed by atoms with van der Waals surface area (Å²) in [6, 6.07) is 32.9. The molecule has 0 aliphatic heterocycles. The molecule has 1 heterocycles. The zero-order valence-corrected chi connectivity index (χ0v) is 31.0. The van der Waals surface area contributed by atoms with Crippen LogP contribution in [0.15, 0.2) is 96.9 Å². The molecule has 5 aromatic carbocycles. The number of fused-ring (bicyclic) bond motifs is 5. The first kappa shape index (κ1) is 33.8. The standard InChI is InChI=1S/C33H22N.C11H20O2.Ir/c1-2-7-26-20(4-1)12-13-28-27(26)14-15-30-29(28)16-17-34-33(30)25-18-23-10-8-21-5-3-6-22-9-11-24(19-25)32(23)31(21)22;1-10(2,3)8(12)7-9(13)11(4,5)6;/h1-7,12-18H,8-11H2;7,12H,1-6H3;/q-1;;/b;8-7-;. The first-order valence-electron chi connectivity index (χ1n) is 16.7. The van der Waals surface area contributed by atoms with E-state index in [9.17, 15) is 9.90 Å². The third-order valence-electron chi connectivity index (χ3n) is 9.72. The van der Waals surface area contributed by atoms with Gasteiger partial charge in [0, 0.05) is 43.2 Å². The van der Waals surface area contributed by atoms with Crippen molar-refractivity contribution in [1.82, 2.24) is 4.98 Å². The molecule has 3 nitrogen and oxygen atoms in total.